The van der Waals surface area contributed by atoms with Crippen LogP contribution in [-0.2, 0) is 17.8 Å². The fourth-order valence-electron chi connectivity index (χ4n) is 1.66. The summed E-state index contributed by atoms with van der Waals surface area (Å²) in [6.07, 6.45) is 1.31. The fourth-order valence-corrected chi connectivity index (χ4v) is 1.66. The molecule has 0 radical (unpaired) electrons. The molecule has 1 aromatic heterocycles. The lowest BCUT2D eigenvalue weighted by atomic mass is 10.2. The lowest BCUT2D eigenvalue weighted by Gasteiger charge is -2.09. The second-order valence-electron chi connectivity index (χ2n) is 4.16. The summed E-state index contributed by atoms with van der Waals surface area (Å²) in [5, 5.41) is 3.81. The molecule has 1 aromatic carbocycles. The second-order valence-corrected chi connectivity index (χ2v) is 4.16. The summed E-state index contributed by atoms with van der Waals surface area (Å²) >= 11 is 0. The van der Waals surface area contributed by atoms with Crippen LogP contribution in [0, 0.1) is 0 Å². The minimum absolute atomic E-state index is 0.0959. The Morgan fingerprint density at radius 3 is 2.86 bits per heavy atom. The fraction of sp³-hybridized carbons (Fsp3) is 0.357. The zero-order chi connectivity index (χ0) is 15.1. The Hall–Kier alpha value is -2.41. The molecule has 0 unspecified atom stereocenters. The highest BCUT2D eigenvalue weighted by Gasteiger charge is 2.10. The largest absolute Gasteiger partial charge is 0.493 e. The predicted molar refractivity (Wildman–Crippen MR) is 72.6 cm³/mol. The summed E-state index contributed by atoms with van der Waals surface area (Å²) in [6.45, 7) is 0.619. The van der Waals surface area contributed by atoms with Crippen LogP contribution >= 0.6 is 0 Å². The van der Waals surface area contributed by atoms with Gasteiger partial charge in [-0.1, -0.05) is 5.16 Å². The van der Waals surface area contributed by atoms with E-state index in [0.29, 0.717) is 41.8 Å². The first-order valence-corrected chi connectivity index (χ1v) is 6.33. The van der Waals surface area contributed by atoms with E-state index >= 15 is 0 Å². The molecule has 0 N–H and O–H groups in total. The van der Waals surface area contributed by atoms with Crippen LogP contribution in [0.5, 0.6) is 11.5 Å². The lowest BCUT2D eigenvalue weighted by Crippen LogP contribution is -2.00. The molecular weight excluding hydrogens is 276 g/mol. The Morgan fingerprint density at radius 1 is 1.29 bits per heavy atom. The molecular formula is C14H16N2O5. The van der Waals surface area contributed by atoms with Crippen molar-refractivity contribution >= 4 is 6.29 Å². The van der Waals surface area contributed by atoms with Crippen molar-refractivity contribution in [3.8, 4) is 11.5 Å². The molecule has 0 saturated heterocycles. The smallest absolute Gasteiger partial charge is 0.264 e. The van der Waals surface area contributed by atoms with Crippen LogP contribution in [0.15, 0.2) is 22.7 Å². The van der Waals surface area contributed by atoms with Crippen molar-refractivity contribution in [2.75, 3.05) is 20.8 Å². The van der Waals surface area contributed by atoms with Gasteiger partial charge in [0, 0.05) is 19.1 Å². The van der Waals surface area contributed by atoms with Gasteiger partial charge in [0.05, 0.1) is 13.7 Å². The number of aromatic nitrogens is 2. The van der Waals surface area contributed by atoms with Gasteiger partial charge in [-0.15, -0.1) is 0 Å². The number of benzene rings is 1. The van der Waals surface area contributed by atoms with E-state index in [9.17, 15) is 4.79 Å². The summed E-state index contributed by atoms with van der Waals surface area (Å²) < 4.78 is 20.7. The first kappa shape index (κ1) is 15.0. The molecule has 1 heterocycles. The SMILES string of the molecule is COCCc1noc(COc2cc(C=O)ccc2OC)n1. The molecule has 0 bridgehead atoms. The molecule has 0 fully saturated rings. The number of hydrogen-bond donors (Lipinski definition) is 0. The topological polar surface area (TPSA) is 83.7 Å². The molecule has 0 aliphatic rings. The van der Waals surface area contributed by atoms with E-state index < -0.39 is 0 Å². The quantitative estimate of drug-likeness (QED) is 0.684. The Labute approximate surface area is 121 Å². The third-order valence-corrected chi connectivity index (χ3v) is 2.71. The molecule has 0 atom stereocenters. The van der Waals surface area contributed by atoms with Crippen LogP contribution in [0.2, 0.25) is 0 Å². The van der Waals surface area contributed by atoms with Gasteiger partial charge in [-0.25, -0.2) is 0 Å². The van der Waals surface area contributed by atoms with Crippen molar-refractivity contribution in [3.63, 3.8) is 0 Å². The van der Waals surface area contributed by atoms with Crippen molar-refractivity contribution in [1.82, 2.24) is 10.1 Å². The number of carbonyl (C=O) groups excluding carboxylic acids is 1. The van der Waals surface area contributed by atoms with Gasteiger partial charge < -0.3 is 18.7 Å². The summed E-state index contributed by atoms with van der Waals surface area (Å²) in [7, 11) is 3.13. The maximum Gasteiger partial charge on any atom is 0.264 e. The van der Waals surface area contributed by atoms with Gasteiger partial charge in [0.1, 0.15) is 6.29 Å². The van der Waals surface area contributed by atoms with Gasteiger partial charge in [-0.2, -0.15) is 4.98 Å². The predicted octanol–water partition coefficient (Wildman–Crippen LogP) is 1.66. The van der Waals surface area contributed by atoms with Crippen LogP contribution in [0.4, 0.5) is 0 Å². The highest BCUT2D eigenvalue weighted by atomic mass is 16.5. The zero-order valence-electron chi connectivity index (χ0n) is 11.9. The molecule has 0 amide bonds. The third kappa shape index (κ3) is 4.03. The number of ether oxygens (including phenoxy) is 3. The highest BCUT2D eigenvalue weighted by Crippen LogP contribution is 2.28. The van der Waals surface area contributed by atoms with Gasteiger partial charge in [-0.3, -0.25) is 4.79 Å². The number of methoxy groups -OCH3 is 2. The maximum absolute atomic E-state index is 10.8. The van der Waals surface area contributed by atoms with Crippen LogP contribution < -0.4 is 9.47 Å². The highest BCUT2D eigenvalue weighted by molar-refractivity contribution is 5.76. The zero-order valence-corrected chi connectivity index (χ0v) is 11.9. The molecule has 0 aliphatic heterocycles. The van der Waals surface area contributed by atoms with E-state index in [1.807, 2.05) is 0 Å². The molecule has 0 saturated carbocycles. The second kappa shape index (κ2) is 7.39. The van der Waals surface area contributed by atoms with E-state index in [1.54, 1.807) is 25.3 Å². The molecule has 2 rings (SSSR count). The average molecular weight is 292 g/mol. The molecule has 0 spiro atoms. The Kier molecular flexibility index (Phi) is 5.28. The number of hydrogen-bond acceptors (Lipinski definition) is 7. The van der Waals surface area contributed by atoms with Crippen molar-refractivity contribution in [1.29, 1.82) is 0 Å². The summed E-state index contributed by atoms with van der Waals surface area (Å²) in [6, 6.07) is 4.90. The third-order valence-electron chi connectivity index (χ3n) is 2.71. The average Bonchev–Trinajstić information content (AvgIpc) is 2.98. The Bertz CT molecular complexity index is 597. The van der Waals surface area contributed by atoms with Crippen molar-refractivity contribution in [3.05, 3.63) is 35.5 Å². The maximum atomic E-state index is 10.8. The van der Waals surface area contributed by atoms with Crippen LogP contribution in [0.3, 0.4) is 0 Å². The van der Waals surface area contributed by atoms with E-state index in [2.05, 4.69) is 10.1 Å². The Morgan fingerprint density at radius 2 is 2.14 bits per heavy atom. The number of rotatable bonds is 8. The van der Waals surface area contributed by atoms with Gasteiger partial charge in [0.15, 0.2) is 23.9 Å². The van der Waals surface area contributed by atoms with Gasteiger partial charge in [-0.05, 0) is 18.2 Å². The first-order valence-electron chi connectivity index (χ1n) is 6.33. The normalized spacial score (nSPS) is 10.4. The van der Waals surface area contributed by atoms with Crippen LogP contribution in [0.1, 0.15) is 22.1 Å². The molecule has 2 aromatic rings. The monoisotopic (exact) mass is 292 g/mol. The summed E-state index contributed by atoms with van der Waals surface area (Å²) in [5.41, 5.74) is 0.497. The van der Waals surface area contributed by atoms with E-state index in [1.165, 1.54) is 7.11 Å². The minimum Gasteiger partial charge on any atom is -0.493 e. The lowest BCUT2D eigenvalue weighted by molar-refractivity contribution is 0.112. The molecule has 0 aliphatic carbocycles. The molecule has 21 heavy (non-hydrogen) atoms. The van der Waals surface area contributed by atoms with Gasteiger partial charge in [0.2, 0.25) is 0 Å². The van der Waals surface area contributed by atoms with E-state index in [0.717, 1.165) is 6.29 Å². The number of aldehydes is 1. The van der Waals surface area contributed by atoms with Gasteiger partial charge >= 0.3 is 0 Å². The Balaban J connectivity index is 2.01. The molecule has 112 valence electrons. The van der Waals surface area contributed by atoms with Crippen molar-refractivity contribution in [2.24, 2.45) is 0 Å². The molecule has 7 nitrogen and oxygen atoms in total. The summed E-state index contributed by atoms with van der Waals surface area (Å²) in [4.78, 5) is 15.0. The van der Waals surface area contributed by atoms with Crippen molar-refractivity contribution in [2.45, 2.75) is 13.0 Å². The van der Waals surface area contributed by atoms with Crippen LogP contribution in [0.25, 0.3) is 0 Å². The number of nitrogens with zero attached hydrogens (tertiary/aromatic N) is 2. The van der Waals surface area contributed by atoms with Crippen LogP contribution in [-0.4, -0.2) is 37.3 Å². The first-order chi connectivity index (χ1) is 10.3. The number of carbonyl (C=O) groups is 1. The molecule has 7 heteroatoms. The van der Waals surface area contributed by atoms with Gasteiger partial charge in [0.25, 0.3) is 5.89 Å². The van der Waals surface area contributed by atoms with Crippen molar-refractivity contribution < 1.29 is 23.5 Å². The standard InChI is InChI=1S/C14H16N2O5/c1-18-6-5-13-15-14(21-16-13)9-20-12-7-10(8-17)3-4-11(12)19-2/h3-4,7-8H,5-6,9H2,1-2H3. The van der Waals surface area contributed by atoms with E-state index in [-0.39, 0.29) is 6.61 Å². The van der Waals surface area contributed by atoms with E-state index in [4.69, 9.17) is 18.7 Å². The minimum atomic E-state index is 0.0959. The summed E-state index contributed by atoms with van der Waals surface area (Å²) in [5.74, 6) is 1.88.